The molecule has 2 aliphatic rings. The summed E-state index contributed by atoms with van der Waals surface area (Å²) in [5.41, 5.74) is 1.81. The molecule has 0 saturated carbocycles. The lowest BCUT2D eigenvalue weighted by Gasteiger charge is -2.37. The number of rotatable bonds is 7. The Morgan fingerprint density at radius 2 is 1.29 bits per heavy atom. The monoisotopic (exact) mass is 462 g/mol. The van der Waals surface area contributed by atoms with Gasteiger partial charge in [-0.15, -0.1) is 0 Å². The number of aliphatic hydroxyl groups is 2. The number of ether oxygens (including phenoxy) is 4. The van der Waals surface area contributed by atoms with Crippen LogP contribution < -0.4 is 0 Å². The Bertz CT molecular complexity index is 975. The lowest BCUT2D eigenvalue weighted by molar-refractivity contribution is -0.230. The first-order chi connectivity index (χ1) is 16.4. The highest BCUT2D eigenvalue weighted by atomic mass is 16.8. The molecule has 6 nitrogen and oxygen atoms in total. The molecule has 0 spiro atoms. The minimum absolute atomic E-state index is 0.0801. The van der Waals surface area contributed by atoms with E-state index in [0.717, 1.165) is 16.7 Å². The molecule has 2 N–H and O–H groups in total. The molecular formula is C28H30O6. The molecule has 34 heavy (non-hydrogen) atoms. The lowest BCUT2D eigenvalue weighted by atomic mass is 9.80. The predicted molar refractivity (Wildman–Crippen MR) is 126 cm³/mol. The van der Waals surface area contributed by atoms with Crippen LogP contribution in [0.15, 0.2) is 91.0 Å². The zero-order valence-electron chi connectivity index (χ0n) is 19.3. The zero-order chi connectivity index (χ0) is 23.8. The van der Waals surface area contributed by atoms with E-state index in [2.05, 4.69) is 0 Å². The van der Waals surface area contributed by atoms with Gasteiger partial charge in [0.1, 0.15) is 30.0 Å². The van der Waals surface area contributed by atoms with Crippen molar-refractivity contribution in [3.05, 3.63) is 108 Å². The standard InChI is InChI=1S/C28H30O6/c1-27(2)33-25-23(30)24(32-26(25)34-27)22(29)18-31-28(19-12-6-3-7-13-19,20-14-8-4-9-15-20)21-16-10-5-11-17-21/h3-17,22-26,29-30H,18H2,1-2H3/t22-,23+,24+,25+,26-/m1/s1. The smallest absolute Gasteiger partial charge is 0.190 e. The molecule has 2 heterocycles. The topological polar surface area (TPSA) is 77.4 Å². The third kappa shape index (κ3) is 4.18. The van der Waals surface area contributed by atoms with Crippen LogP contribution >= 0.6 is 0 Å². The number of aliphatic hydroxyl groups excluding tert-OH is 2. The molecule has 5 rings (SSSR count). The molecular weight excluding hydrogens is 432 g/mol. The van der Waals surface area contributed by atoms with Crippen molar-refractivity contribution in [2.45, 2.75) is 55.9 Å². The maximum absolute atomic E-state index is 11.1. The van der Waals surface area contributed by atoms with Crippen molar-refractivity contribution in [3.63, 3.8) is 0 Å². The highest BCUT2D eigenvalue weighted by Gasteiger charge is 2.56. The van der Waals surface area contributed by atoms with Crippen LogP contribution in [-0.2, 0) is 24.5 Å². The second-order valence-electron chi connectivity index (χ2n) is 9.22. The van der Waals surface area contributed by atoms with Gasteiger partial charge in [-0.1, -0.05) is 91.0 Å². The van der Waals surface area contributed by atoms with Crippen LogP contribution in [0.4, 0.5) is 0 Å². The van der Waals surface area contributed by atoms with Crippen LogP contribution in [0, 0.1) is 0 Å². The molecule has 0 unspecified atom stereocenters. The summed E-state index contributed by atoms with van der Waals surface area (Å²) in [4.78, 5) is 0. The Labute approximate surface area is 199 Å². The third-order valence-electron chi connectivity index (χ3n) is 6.44. The van der Waals surface area contributed by atoms with Gasteiger partial charge in [-0.05, 0) is 30.5 Å². The predicted octanol–water partition coefficient (Wildman–Crippen LogP) is 3.59. The van der Waals surface area contributed by atoms with E-state index in [1.807, 2.05) is 91.0 Å². The lowest BCUT2D eigenvalue weighted by Crippen LogP contribution is -2.45. The van der Waals surface area contributed by atoms with Crippen molar-refractivity contribution in [3.8, 4) is 0 Å². The Morgan fingerprint density at radius 3 is 1.74 bits per heavy atom. The van der Waals surface area contributed by atoms with Gasteiger partial charge >= 0.3 is 0 Å². The minimum atomic E-state index is -1.11. The van der Waals surface area contributed by atoms with Gasteiger partial charge in [0.2, 0.25) is 0 Å². The molecule has 2 fully saturated rings. The largest absolute Gasteiger partial charge is 0.388 e. The Hall–Kier alpha value is -2.58. The van der Waals surface area contributed by atoms with E-state index in [1.54, 1.807) is 13.8 Å². The first-order valence-corrected chi connectivity index (χ1v) is 11.6. The van der Waals surface area contributed by atoms with Gasteiger partial charge in [-0.3, -0.25) is 0 Å². The van der Waals surface area contributed by atoms with E-state index in [0.29, 0.717) is 0 Å². The SMILES string of the molecule is CC1(C)O[C@H]2O[C@@H]([C@H](O)COC(c3ccccc3)(c3ccccc3)c3ccccc3)[C@H](O)[C@@H]2O1. The van der Waals surface area contributed by atoms with Crippen molar-refractivity contribution >= 4 is 0 Å². The molecule has 2 aliphatic heterocycles. The fourth-order valence-electron chi connectivity index (χ4n) is 4.91. The van der Waals surface area contributed by atoms with Crippen molar-refractivity contribution in [1.82, 2.24) is 0 Å². The summed E-state index contributed by atoms with van der Waals surface area (Å²) in [6, 6.07) is 29.8. The summed E-state index contributed by atoms with van der Waals surface area (Å²) in [6.45, 7) is 3.46. The van der Waals surface area contributed by atoms with Crippen LogP contribution in [0.1, 0.15) is 30.5 Å². The van der Waals surface area contributed by atoms with Gasteiger partial charge in [0, 0.05) is 0 Å². The van der Waals surface area contributed by atoms with E-state index >= 15 is 0 Å². The normalized spacial score (nSPS) is 26.8. The van der Waals surface area contributed by atoms with Crippen molar-refractivity contribution < 1.29 is 29.2 Å². The van der Waals surface area contributed by atoms with Crippen LogP contribution in [0.5, 0.6) is 0 Å². The average molecular weight is 463 g/mol. The number of hydrogen-bond acceptors (Lipinski definition) is 6. The van der Waals surface area contributed by atoms with E-state index in [4.69, 9.17) is 18.9 Å². The van der Waals surface area contributed by atoms with Crippen molar-refractivity contribution in [2.75, 3.05) is 6.61 Å². The summed E-state index contributed by atoms with van der Waals surface area (Å²) in [5, 5.41) is 21.9. The van der Waals surface area contributed by atoms with Crippen LogP contribution in [0.25, 0.3) is 0 Å². The molecule has 0 bridgehead atoms. The maximum Gasteiger partial charge on any atom is 0.190 e. The molecule has 0 aromatic heterocycles. The second-order valence-corrected chi connectivity index (χ2v) is 9.22. The summed E-state index contributed by atoms with van der Waals surface area (Å²) in [6.07, 6.45) is -4.42. The first-order valence-electron chi connectivity index (χ1n) is 11.6. The molecule has 3 aromatic rings. The number of benzene rings is 3. The molecule has 0 aliphatic carbocycles. The third-order valence-corrected chi connectivity index (χ3v) is 6.44. The summed E-state index contributed by atoms with van der Waals surface area (Å²) < 4.78 is 24.0. The molecule has 0 radical (unpaired) electrons. The quantitative estimate of drug-likeness (QED) is 0.523. The molecule has 5 atom stereocenters. The Balaban J connectivity index is 1.46. The van der Waals surface area contributed by atoms with Crippen molar-refractivity contribution in [1.29, 1.82) is 0 Å². The fourth-order valence-corrected chi connectivity index (χ4v) is 4.91. The van der Waals surface area contributed by atoms with Crippen LogP contribution in [-0.4, -0.2) is 53.3 Å². The van der Waals surface area contributed by atoms with E-state index in [1.165, 1.54) is 0 Å². The Morgan fingerprint density at radius 1 is 0.824 bits per heavy atom. The minimum Gasteiger partial charge on any atom is -0.388 e. The van der Waals surface area contributed by atoms with E-state index < -0.39 is 42.1 Å². The zero-order valence-corrected chi connectivity index (χ0v) is 19.3. The Kier molecular flexibility index (Phi) is 6.29. The van der Waals surface area contributed by atoms with Crippen LogP contribution in [0.2, 0.25) is 0 Å². The highest BCUT2D eigenvalue weighted by Crippen LogP contribution is 2.42. The van der Waals surface area contributed by atoms with Gasteiger partial charge in [0.25, 0.3) is 0 Å². The summed E-state index contributed by atoms with van der Waals surface area (Å²) >= 11 is 0. The molecule has 178 valence electrons. The molecule has 2 saturated heterocycles. The van der Waals surface area contributed by atoms with Gasteiger partial charge in [-0.2, -0.15) is 0 Å². The average Bonchev–Trinajstić information content (AvgIpc) is 3.33. The number of fused-ring (bicyclic) bond motifs is 1. The van der Waals surface area contributed by atoms with Gasteiger partial charge in [0.15, 0.2) is 12.1 Å². The maximum atomic E-state index is 11.1. The van der Waals surface area contributed by atoms with E-state index in [9.17, 15) is 10.2 Å². The first kappa shape index (κ1) is 23.2. The molecule has 6 heteroatoms. The van der Waals surface area contributed by atoms with Gasteiger partial charge < -0.3 is 29.2 Å². The van der Waals surface area contributed by atoms with Gasteiger partial charge in [-0.25, -0.2) is 0 Å². The molecule has 3 aromatic carbocycles. The van der Waals surface area contributed by atoms with Crippen molar-refractivity contribution in [2.24, 2.45) is 0 Å². The summed E-state index contributed by atoms with van der Waals surface area (Å²) in [5.74, 6) is -0.841. The van der Waals surface area contributed by atoms with Gasteiger partial charge in [0.05, 0.1) is 6.61 Å². The second kappa shape index (κ2) is 9.23. The highest BCUT2D eigenvalue weighted by molar-refractivity contribution is 5.47. The van der Waals surface area contributed by atoms with Crippen LogP contribution in [0.3, 0.4) is 0 Å². The molecule has 0 amide bonds. The number of hydrogen-bond donors (Lipinski definition) is 2. The van der Waals surface area contributed by atoms with E-state index in [-0.39, 0.29) is 6.61 Å². The fraction of sp³-hybridized carbons (Fsp3) is 0.357. The summed E-state index contributed by atoms with van der Waals surface area (Å²) in [7, 11) is 0.